The minimum Gasteiger partial charge on any atom is -0.480 e. The van der Waals surface area contributed by atoms with Crippen LogP contribution in [0.25, 0.3) is 0 Å². The van der Waals surface area contributed by atoms with E-state index in [-0.39, 0.29) is 23.3 Å². The van der Waals surface area contributed by atoms with Crippen molar-refractivity contribution in [3.8, 4) is 0 Å². The van der Waals surface area contributed by atoms with Crippen molar-refractivity contribution in [1.82, 2.24) is 4.31 Å². The Morgan fingerprint density at radius 1 is 1.10 bits per heavy atom. The number of nitrogens with two attached hydrogens (primary N) is 2. The lowest BCUT2D eigenvalue weighted by molar-refractivity contribution is -0.159. The second-order valence-corrected chi connectivity index (χ2v) is 10.3. The molecule has 0 fully saturated rings. The molecule has 0 heterocycles. The van der Waals surface area contributed by atoms with Gasteiger partial charge in [0, 0.05) is 12.6 Å². The Labute approximate surface area is 180 Å². The number of rotatable bonds is 11. The van der Waals surface area contributed by atoms with E-state index in [2.05, 4.69) is 4.99 Å². The fourth-order valence-corrected chi connectivity index (χ4v) is 6.46. The number of carboxylic acid groups (broad SMARTS) is 1. The minimum atomic E-state index is -4.10. The molecule has 0 bridgehead atoms. The standard InChI is InChI=1S/C21H36N4O4S/c1-14(2)18(12-13-24-20(22)23)21(15(3)4,19(26)27)25(16(5)6)30(28,29)17-10-8-7-9-11-17/h7-11,14-16,18H,12-13H2,1-6H3,(H,26,27)(H4,22,23,24)/t18?,21-/m0/s1. The summed E-state index contributed by atoms with van der Waals surface area (Å²) in [6.07, 6.45) is 0.327. The molecule has 2 atom stereocenters. The topological polar surface area (TPSA) is 139 Å². The molecular formula is C21H36N4O4S. The van der Waals surface area contributed by atoms with Crippen molar-refractivity contribution in [2.75, 3.05) is 6.54 Å². The molecule has 0 aliphatic rings. The summed E-state index contributed by atoms with van der Waals surface area (Å²) < 4.78 is 28.7. The third kappa shape index (κ3) is 5.13. The van der Waals surface area contributed by atoms with Crippen molar-refractivity contribution < 1.29 is 18.3 Å². The molecular weight excluding hydrogens is 404 g/mol. The van der Waals surface area contributed by atoms with Crippen LogP contribution in [0.1, 0.15) is 48.0 Å². The second-order valence-electron chi connectivity index (χ2n) is 8.44. The van der Waals surface area contributed by atoms with Gasteiger partial charge in [0.25, 0.3) is 0 Å². The molecule has 0 saturated carbocycles. The molecule has 1 rings (SSSR count). The van der Waals surface area contributed by atoms with Gasteiger partial charge in [-0.25, -0.2) is 8.42 Å². The smallest absolute Gasteiger partial charge is 0.325 e. The van der Waals surface area contributed by atoms with Gasteiger partial charge in [0.15, 0.2) is 5.96 Å². The molecule has 0 radical (unpaired) electrons. The molecule has 9 heteroatoms. The number of sulfonamides is 1. The van der Waals surface area contributed by atoms with E-state index in [0.717, 1.165) is 0 Å². The predicted molar refractivity (Wildman–Crippen MR) is 119 cm³/mol. The monoisotopic (exact) mass is 440 g/mol. The van der Waals surface area contributed by atoms with Crippen LogP contribution in [0.3, 0.4) is 0 Å². The van der Waals surface area contributed by atoms with Gasteiger partial charge in [-0.2, -0.15) is 4.31 Å². The Bertz CT molecular complexity index is 834. The second kappa shape index (κ2) is 10.3. The summed E-state index contributed by atoms with van der Waals surface area (Å²) >= 11 is 0. The maximum Gasteiger partial charge on any atom is 0.325 e. The van der Waals surface area contributed by atoms with Gasteiger partial charge in [-0.3, -0.25) is 9.79 Å². The largest absolute Gasteiger partial charge is 0.480 e. The number of hydrogen-bond acceptors (Lipinski definition) is 4. The lowest BCUT2D eigenvalue weighted by Gasteiger charge is -2.50. The molecule has 1 aromatic carbocycles. The van der Waals surface area contributed by atoms with Crippen molar-refractivity contribution in [3.05, 3.63) is 30.3 Å². The van der Waals surface area contributed by atoms with Gasteiger partial charge in [0.1, 0.15) is 5.54 Å². The lowest BCUT2D eigenvalue weighted by atomic mass is 9.68. The fourth-order valence-electron chi connectivity index (χ4n) is 4.35. The van der Waals surface area contributed by atoms with E-state index in [9.17, 15) is 18.3 Å². The van der Waals surface area contributed by atoms with Crippen LogP contribution in [-0.2, 0) is 14.8 Å². The van der Waals surface area contributed by atoms with Crippen LogP contribution in [0.5, 0.6) is 0 Å². The Morgan fingerprint density at radius 2 is 1.63 bits per heavy atom. The zero-order chi connectivity index (χ0) is 23.3. The van der Waals surface area contributed by atoms with E-state index >= 15 is 0 Å². The van der Waals surface area contributed by atoms with Gasteiger partial charge in [-0.15, -0.1) is 0 Å². The zero-order valence-electron chi connectivity index (χ0n) is 18.7. The number of benzene rings is 1. The molecule has 0 amide bonds. The molecule has 170 valence electrons. The van der Waals surface area contributed by atoms with Crippen LogP contribution in [-0.4, -0.2) is 47.9 Å². The number of aliphatic imine (C=N–C) groups is 1. The summed E-state index contributed by atoms with van der Waals surface area (Å²) in [6.45, 7) is 10.9. The van der Waals surface area contributed by atoms with Crippen molar-refractivity contribution >= 4 is 22.0 Å². The summed E-state index contributed by atoms with van der Waals surface area (Å²) in [5.74, 6) is -2.43. The average Bonchev–Trinajstić information content (AvgIpc) is 2.62. The molecule has 8 nitrogen and oxygen atoms in total. The van der Waals surface area contributed by atoms with Gasteiger partial charge >= 0.3 is 5.97 Å². The Kier molecular flexibility index (Phi) is 8.86. The van der Waals surface area contributed by atoms with Crippen LogP contribution < -0.4 is 11.5 Å². The first kappa shape index (κ1) is 25.9. The summed E-state index contributed by atoms with van der Waals surface area (Å²) in [5.41, 5.74) is 9.20. The van der Waals surface area contributed by atoms with E-state index in [1.165, 1.54) is 16.4 Å². The SMILES string of the molecule is CC(C)C(CCN=C(N)N)[C@](C(=O)O)(C(C)C)N(C(C)C)S(=O)(=O)c1ccccc1. The zero-order valence-corrected chi connectivity index (χ0v) is 19.6. The van der Waals surface area contributed by atoms with E-state index in [0.29, 0.717) is 6.42 Å². The van der Waals surface area contributed by atoms with Crippen LogP contribution in [0.15, 0.2) is 40.2 Å². The number of carbonyl (C=O) groups is 1. The third-order valence-electron chi connectivity index (χ3n) is 5.46. The van der Waals surface area contributed by atoms with Crippen molar-refractivity contribution in [2.24, 2.45) is 34.2 Å². The molecule has 0 spiro atoms. The molecule has 5 N–H and O–H groups in total. The molecule has 1 unspecified atom stereocenters. The summed E-state index contributed by atoms with van der Waals surface area (Å²) in [7, 11) is -4.10. The summed E-state index contributed by atoms with van der Waals surface area (Å²) in [5, 5.41) is 10.6. The normalized spacial score (nSPS) is 15.4. The average molecular weight is 441 g/mol. The van der Waals surface area contributed by atoms with Crippen molar-refractivity contribution in [1.29, 1.82) is 0 Å². The minimum absolute atomic E-state index is 0.0664. The molecule has 0 aliphatic carbocycles. The number of guanidine groups is 1. The van der Waals surface area contributed by atoms with Crippen LogP contribution >= 0.6 is 0 Å². The number of nitrogens with zero attached hydrogens (tertiary/aromatic N) is 2. The number of hydrogen-bond donors (Lipinski definition) is 3. The molecule has 30 heavy (non-hydrogen) atoms. The van der Waals surface area contributed by atoms with E-state index in [4.69, 9.17) is 11.5 Å². The first-order valence-corrected chi connectivity index (χ1v) is 11.6. The quantitative estimate of drug-likeness (QED) is 0.357. The Balaban J connectivity index is 3.81. The fraction of sp³-hybridized carbons (Fsp3) is 0.619. The predicted octanol–water partition coefficient (Wildman–Crippen LogP) is 2.50. The van der Waals surface area contributed by atoms with Crippen LogP contribution in [0, 0.1) is 17.8 Å². The summed E-state index contributed by atoms with van der Waals surface area (Å²) in [4.78, 5) is 17.0. The molecule has 0 aliphatic heterocycles. The molecule has 0 aromatic heterocycles. The highest BCUT2D eigenvalue weighted by Gasteiger charge is 2.58. The van der Waals surface area contributed by atoms with Crippen LogP contribution in [0.4, 0.5) is 0 Å². The number of carboxylic acids is 1. The van der Waals surface area contributed by atoms with Gasteiger partial charge in [-0.1, -0.05) is 45.9 Å². The van der Waals surface area contributed by atoms with Gasteiger partial charge < -0.3 is 16.6 Å². The highest BCUT2D eigenvalue weighted by Crippen LogP contribution is 2.43. The third-order valence-corrected chi connectivity index (χ3v) is 7.57. The van der Waals surface area contributed by atoms with Gasteiger partial charge in [-0.05, 0) is 50.2 Å². The molecule has 0 saturated heterocycles. The lowest BCUT2D eigenvalue weighted by Crippen LogP contribution is -2.67. The first-order chi connectivity index (χ1) is 13.8. The van der Waals surface area contributed by atoms with Gasteiger partial charge in [0.05, 0.1) is 4.90 Å². The Morgan fingerprint density at radius 3 is 2.00 bits per heavy atom. The maximum absolute atomic E-state index is 13.7. The molecule has 1 aromatic rings. The van der Waals surface area contributed by atoms with Crippen LogP contribution in [0.2, 0.25) is 0 Å². The maximum atomic E-state index is 13.7. The van der Waals surface area contributed by atoms with E-state index < -0.39 is 39.4 Å². The highest BCUT2D eigenvalue weighted by molar-refractivity contribution is 7.89. The van der Waals surface area contributed by atoms with Crippen molar-refractivity contribution in [3.63, 3.8) is 0 Å². The van der Waals surface area contributed by atoms with E-state index in [1.54, 1.807) is 45.9 Å². The van der Waals surface area contributed by atoms with E-state index in [1.807, 2.05) is 13.8 Å². The number of aliphatic carboxylic acids is 1. The highest BCUT2D eigenvalue weighted by atomic mass is 32.2. The first-order valence-electron chi connectivity index (χ1n) is 10.2. The van der Waals surface area contributed by atoms with Crippen molar-refractivity contribution in [2.45, 2.75) is 64.4 Å². The Hall–Kier alpha value is -2.13. The summed E-state index contributed by atoms with van der Waals surface area (Å²) in [6, 6.07) is 7.36. The van der Waals surface area contributed by atoms with Gasteiger partial charge in [0.2, 0.25) is 10.0 Å².